The first kappa shape index (κ1) is 11.6. The molecule has 13 heavy (non-hydrogen) atoms. The van der Waals surface area contributed by atoms with Gasteiger partial charge in [-0.1, -0.05) is 11.6 Å². The molecule has 0 radical (unpaired) electrons. The molecule has 0 fully saturated rings. The van der Waals surface area contributed by atoms with E-state index in [9.17, 15) is 8.42 Å². The molecule has 0 heterocycles. The lowest BCUT2D eigenvalue weighted by Crippen LogP contribution is -1.96. The minimum atomic E-state index is -3.53. The molecule has 1 aromatic rings. The van der Waals surface area contributed by atoms with Gasteiger partial charge in [-0.3, -0.25) is 0 Å². The van der Waals surface area contributed by atoms with E-state index >= 15 is 0 Å². The fourth-order valence-corrected chi connectivity index (χ4v) is 2.62. The molecule has 0 saturated heterocycles. The van der Waals surface area contributed by atoms with Gasteiger partial charge in [-0.15, -0.1) is 0 Å². The van der Waals surface area contributed by atoms with E-state index in [2.05, 4.69) is 22.6 Å². The lowest BCUT2D eigenvalue weighted by Gasteiger charge is -2.01. The lowest BCUT2D eigenvalue weighted by atomic mass is 10.2. The molecule has 1 aromatic carbocycles. The van der Waals surface area contributed by atoms with Crippen LogP contribution in [0.4, 0.5) is 0 Å². The lowest BCUT2D eigenvalue weighted by molar-refractivity contribution is 0.609. The van der Waals surface area contributed by atoms with Crippen molar-refractivity contribution in [1.82, 2.24) is 0 Å². The Morgan fingerprint density at radius 2 is 2.00 bits per heavy atom. The van der Waals surface area contributed by atoms with E-state index in [1.54, 1.807) is 18.2 Å². The Balaban J connectivity index is 3.08. The van der Waals surface area contributed by atoms with Crippen LogP contribution in [0.2, 0.25) is 5.02 Å². The third-order valence-corrected chi connectivity index (χ3v) is 3.36. The van der Waals surface area contributed by atoms with Gasteiger partial charge in [-0.25, -0.2) is 8.42 Å². The number of halogens is 3. The van der Waals surface area contributed by atoms with Crippen molar-refractivity contribution in [2.24, 2.45) is 0 Å². The second-order valence-electron chi connectivity index (χ2n) is 2.42. The van der Waals surface area contributed by atoms with Gasteiger partial charge in [0.2, 0.25) is 9.05 Å². The Morgan fingerprint density at radius 1 is 1.38 bits per heavy atom. The monoisotopic (exact) mass is 350 g/mol. The number of hydrogen-bond donors (Lipinski definition) is 0. The summed E-state index contributed by atoms with van der Waals surface area (Å²) in [6.07, 6.45) is 0. The molecule has 0 amide bonds. The molecular formula is C7H5Cl2IO2S. The molecule has 72 valence electrons. The van der Waals surface area contributed by atoms with Crippen molar-refractivity contribution < 1.29 is 8.42 Å². The predicted octanol–water partition coefficient (Wildman–Crippen LogP) is 3.01. The summed E-state index contributed by atoms with van der Waals surface area (Å²) in [5, 5.41) is 0.421. The molecule has 0 aliphatic heterocycles. The molecule has 2 nitrogen and oxygen atoms in total. The Kier molecular flexibility index (Phi) is 3.85. The fraction of sp³-hybridized carbons (Fsp3) is 0.143. The number of hydrogen-bond acceptors (Lipinski definition) is 2. The van der Waals surface area contributed by atoms with Gasteiger partial charge in [-0.2, -0.15) is 0 Å². The zero-order chi connectivity index (χ0) is 10.1. The van der Waals surface area contributed by atoms with Crippen molar-refractivity contribution in [3.05, 3.63) is 32.4 Å². The van der Waals surface area contributed by atoms with Crippen molar-refractivity contribution in [2.75, 3.05) is 0 Å². The zero-order valence-electron chi connectivity index (χ0n) is 6.30. The first-order chi connectivity index (χ1) is 5.88. The molecule has 6 heteroatoms. The Bertz CT molecular complexity index is 417. The van der Waals surface area contributed by atoms with Crippen LogP contribution in [0.5, 0.6) is 0 Å². The summed E-state index contributed by atoms with van der Waals surface area (Å²) in [7, 11) is 1.57. The summed E-state index contributed by atoms with van der Waals surface area (Å²) in [4.78, 5) is 0. The molecular weight excluding hydrogens is 346 g/mol. The first-order valence-corrected chi connectivity index (χ1v) is 7.18. The van der Waals surface area contributed by atoms with E-state index in [1.165, 1.54) is 0 Å². The van der Waals surface area contributed by atoms with E-state index < -0.39 is 9.05 Å². The Morgan fingerprint density at radius 3 is 2.54 bits per heavy atom. The molecule has 0 aromatic heterocycles. The SMILES string of the molecule is O=S(=O)(Cl)Cc1cc(I)ccc1Cl. The largest absolute Gasteiger partial charge is 0.236 e. The summed E-state index contributed by atoms with van der Waals surface area (Å²) < 4.78 is 22.5. The zero-order valence-corrected chi connectivity index (χ0v) is 10.8. The van der Waals surface area contributed by atoms with Crippen LogP contribution in [0.3, 0.4) is 0 Å². The minimum absolute atomic E-state index is 0.232. The molecule has 0 unspecified atom stereocenters. The fourth-order valence-electron chi connectivity index (χ4n) is 0.840. The van der Waals surface area contributed by atoms with E-state index in [-0.39, 0.29) is 5.75 Å². The van der Waals surface area contributed by atoms with E-state index in [1.807, 2.05) is 0 Å². The van der Waals surface area contributed by atoms with Crippen LogP contribution < -0.4 is 0 Å². The van der Waals surface area contributed by atoms with Crippen molar-refractivity contribution in [3.8, 4) is 0 Å². The van der Waals surface area contributed by atoms with Gasteiger partial charge in [0.15, 0.2) is 0 Å². The summed E-state index contributed by atoms with van der Waals surface area (Å²) in [5.41, 5.74) is 0.531. The smallest absolute Gasteiger partial charge is 0.212 e. The molecule has 0 aliphatic rings. The third-order valence-electron chi connectivity index (χ3n) is 1.34. The van der Waals surface area contributed by atoms with Crippen molar-refractivity contribution >= 4 is 53.9 Å². The third kappa shape index (κ3) is 4.01. The highest BCUT2D eigenvalue weighted by Crippen LogP contribution is 2.21. The Hall–Kier alpha value is 0.480. The van der Waals surface area contributed by atoms with Crippen LogP contribution in [0.25, 0.3) is 0 Å². The Labute approximate surface area is 99.8 Å². The molecule has 0 spiro atoms. The molecule has 0 saturated carbocycles. The second-order valence-corrected chi connectivity index (χ2v) is 6.85. The number of benzene rings is 1. The van der Waals surface area contributed by atoms with Gasteiger partial charge in [0.05, 0.1) is 5.75 Å². The summed E-state index contributed by atoms with van der Waals surface area (Å²) in [6, 6.07) is 5.15. The quantitative estimate of drug-likeness (QED) is 0.607. The summed E-state index contributed by atoms with van der Waals surface area (Å²) >= 11 is 7.85. The topological polar surface area (TPSA) is 34.1 Å². The molecule has 1 rings (SSSR count). The van der Waals surface area contributed by atoms with Gasteiger partial charge in [-0.05, 0) is 46.4 Å². The summed E-state index contributed by atoms with van der Waals surface area (Å²) in [5.74, 6) is -0.232. The minimum Gasteiger partial charge on any atom is -0.212 e. The maximum atomic E-state index is 10.8. The van der Waals surface area contributed by atoms with Gasteiger partial charge < -0.3 is 0 Å². The van der Waals surface area contributed by atoms with Gasteiger partial charge >= 0.3 is 0 Å². The van der Waals surface area contributed by atoms with Crippen LogP contribution in [0.15, 0.2) is 18.2 Å². The van der Waals surface area contributed by atoms with Crippen molar-refractivity contribution in [3.63, 3.8) is 0 Å². The normalized spacial score (nSPS) is 11.6. The van der Waals surface area contributed by atoms with Crippen LogP contribution in [-0.4, -0.2) is 8.42 Å². The highest BCUT2D eigenvalue weighted by atomic mass is 127. The average Bonchev–Trinajstić information content (AvgIpc) is 1.94. The van der Waals surface area contributed by atoms with Gasteiger partial charge in [0.25, 0.3) is 0 Å². The predicted molar refractivity (Wildman–Crippen MR) is 62.6 cm³/mol. The van der Waals surface area contributed by atoms with E-state index in [0.717, 1.165) is 3.57 Å². The highest BCUT2D eigenvalue weighted by molar-refractivity contribution is 14.1. The van der Waals surface area contributed by atoms with Crippen LogP contribution >= 0.6 is 44.9 Å². The molecule has 0 N–H and O–H groups in total. The van der Waals surface area contributed by atoms with Crippen LogP contribution in [-0.2, 0) is 14.8 Å². The van der Waals surface area contributed by atoms with Gasteiger partial charge in [0.1, 0.15) is 0 Å². The van der Waals surface area contributed by atoms with Crippen LogP contribution in [0, 0.1) is 3.57 Å². The maximum absolute atomic E-state index is 10.8. The van der Waals surface area contributed by atoms with Crippen molar-refractivity contribution in [1.29, 1.82) is 0 Å². The summed E-state index contributed by atoms with van der Waals surface area (Å²) in [6.45, 7) is 0. The van der Waals surface area contributed by atoms with E-state index in [4.69, 9.17) is 22.3 Å². The molecule has 0 aliphatic carbocycles. The molecule has 0 bridgehead atoms. The average molecular weight is 351 g/mol. The molecule has 0 atom stereocenters. The van der Waals surface area contributed by atoms with Crippen LogP contribution in [0.1, 0.15) is 5.56 Å². The maximum Gasteiger partial charge on any atom is 0.236 e. The van der Waals surface area contributed by atoms with Gasteiger partial charge in [0, 0.05) is 19.3 Å². The van der Waals surface area contributed by atoms with Crippen molar-refractivity contribution in [2.45, 2.75) is 5.75 Å². The first-order valence-electron chi connectivity index (χ1n) is 3.25. The number of rotatable bonds is 2. The standard InChI is InChI=1S/C7H5Cl2IO2S/c8-7-2-1-6(10)3-5(7)4-13(9,11)12/h1-3H,4H2. The van der Waals surface area contributed by atoms with E-state index in [0.29, 0.717) is 10.6 Å². The highest BCUT2D eigenvalue weighted by Gasteiger charge is 2.10. The second kappa shape index (κ2) is 4.33.